The molecule has 0 aliphatic rings. The summed E-state index contributed by atoms with van der Waals surface area (Å²) in [6.45, 7) is 0. The molecule has 14 heavy (non-hydrogen) atoms. The maximum absolute atomic E-state index is 12.8. The van der Waals surface area contributed by atoms with Crippen LogP contribution in [0.3, 0.4) is 0 Å². The van der Waals surface area contributed by atoms with E-state index in [9.17, 15) is 9.18 Å². The van der Waals surface area contributed by atoms with Gasteiger partial charge in [0.1, 0.15) is 23.8 Å². The third kappa shape index (κ3) is 1.88. The highest BCUT2D eigenvalue weighted by atomic mass is 19.1. The van der Waals surface area contributed by atoms with Crippen molar-refractivity contribution in [3.63, 3.8) is 0 Å². The van der Waals surface area contributed by atoms with Crippen LogP contribution in [0.4, 0.5) is 4.39 Å². The van der Waals surface area contributed by atoms with Gasteiger partial charge in [-0.25, -0.2) is 4.39 Å². The quantitative estimate of drug-likeness (QED) is 0.685. The summed E-state index contributed by atoms with van der Waals surface area (Å²) in [5.41, 5.74) is 0.255. The Kier molecular flexibility index (Phi) is 3.19. The molecule has 1 atom stereocenters. The lowest BCUT2D eigenvalue weighted by molar-refractivity contribution is -0.108. The average Bonchev–Trinajstić information content (AvgIpc) is 2.20. The highest BCUT2D eigenvalue weighted by molar-refractivity contribution is 5.68. The molecule has 0 saturated heterocycles. The van der Waals surface area contributed by atoms with Gasteiger partial charge in [-0.15, -0.1) is 0 Å². The summed E-state index contributed by atoms with van der Waals surface area (Å²) >= 11 is 0. The van der Waals surface area contributed by atoms with Crippen molar-refractivity contribution in [1.29, 1.82) is 5.26 Å². The SMILES string of the molecule is COc1ccc(F)cc1C(C#N)C=O. The molecule has 0 fully saturated rings. The maximum Gasteiger partial charge on any atom is 0.141 e. The van der Waals surface area contributed by atoms with Crippen LogP contribution in [0.15, 0.2) is 18.2 Å². The van der Waals surface area contributed by atoms with Gasteiger partial charge < -0.3 is 9.53 Å². The van der Waals surface area contributed by atoms with Gasteiger partial charge in [0.2, 0.25) is 0 Å². The molecule has 1 unspecified atom stereocenters. The third-order valence-electron chi connectivity index (χ3n) is 1.80. The first-order valence-electron chi connectivity index (χ1n) is 3.91. The van der Waals surface area contributed by atoms with Gasteiger partial charge in [-0.3, -0.25) is 0 Å². The monoisotopic (exact) mass is 193 g/mol. The fourth-order valence-corrected chi connectivity index (χ4v) is 1.12. The first-order valence-corrected chi connectivity index (χ1v) is 3.91. The van der Waals surface area contributed by atoms with Crippen molar-refractivity contribution in [2.45, 2.75) is 5.92 Å². The normalized spacial score (nSPS) is 11.5. The number of carbonyl (C=O) groups is 1. The summed E-state index contributed by atoms with van der Waals surface area (Å²) in [5.74, 6) is -1.14. The third-order valence-corrected chi connectivity index (χ3v) is 1.80. The number of rotatable bonds is 3. The molecule has 0 radical (unpaired) electrons. The molecule has 0 aromatic heterocycles. The minimum Gasteiger partial charge on any atom is -0.496 e. The topological polar surface area (TPSA) is 50.1 Å². The molecule has 72 valence electrons. The van der Waals surface area contributed by atoms with Gasteiger partial charge in [-0.1, -0.05) is 0 Å². The van der Waals surface area contributed by atoms with Crippen LogP contribution in [-0.2, 0) is 4.79 Å². The summed E-state index contributed by atoms with van der Waals surface area (Å²) in [4.78, 5) is 10.5. The molecule has 1 aromatic carbocycles. The van der Waals surface area contributed by atoms with Crippen LogP contribution in [0, 0.1) is 17.1 Å². The Morgan fingerprint density at radius 3 is 2.86 bits per heavy atom. The van der Waals surface area contributed by atoms with Crippen LogP contribution in [0.25, 0.3) is 0 Å². The number of halogens is 1. The molecule has 0 spiro atoms. The summed E-state index contributed by atoms with van der Waals surface area (Å²) in [6, 6.07) is 5.48. The number of ether oxygens (including phenoxy) is 1. The van der Waals surface area contributed by atoms with Gasteiger partial charge in [-0.05, 0) is 18.2 Å². The Hall–Kier alpha value is -1.89. The molecule has 0 aliphatic carbocycles. The van der Waals surface area contributed by atoms with Crippen molar-refractivity contribution >= 4 is 6.29 Å². The fourth-order valence-electron chi connectivity index (χ4n) is 1.12. The van der Waals surface area contributed by atoms with Crippen molar-refractivity contribution in [3.05, 3.63) is 29.6 Å². The van der Waals surface area contributed by atoms with Crippen LogP contribution in [0.2, 0.25) is 0 Å². The van der Waals surface area contributed by atoms with Crippen LogP contribution in [0.1, 0.15) is 11.5 Å². The number of carbonyl (C=O) groups excluding carboxylic acids is 1. The number of nitrogens with zero attached hydrogens (tertiary/aromatic N) is 1. The number of methoxy groups -OCH3 is 1. The second kappa shape index (κ2) is 4.38. The summed E-state index contributed by atoms with van der Waals surface area (Å²) < 4.78 is 17.7. The van der Waals surface area contributed by atoms with E-state index >= 15 is 0 Å². The summed E-state index contributed by atoms with van der Waals surface area (Å²) in [5, 5.41) is 8.63. The van der Waals surface area contributed by atoms with Crippen molar-refractivity contribution in [2.75, 3.05) is 7.11 Å². The van der Waals surface area contributed by atoms with Crippen LogP contribution in [-0.4, -0.2) is 13.4 Å². The molecule has 0 aliphatic heterocycles. The van der Waals surface area contributed by atoms with E-state index in [0.29, 0.717) is 12.0 Å². The van der Waals surface area contributed by atoms with E-state index in [2.05, 4.69) is 0 Å². The minimum absolute atomic E-state index is 0.255. The van der Waals surface area contributed by atoms with E-state index in [1.165, 1.54) is 19.2 Å². The van der Waals surface area contributed by atoms with Crippen molar-refractivity contribution < 1.29 is 13.9 Å². The lowest BCUT2D eigenvalue weighted by atomic mass is 10.0. The summed E-state index contributed by atoms with van der Waals surface area (Å²) in [7, 11) is 1.40. The number of benzene rings is 1. The van der Waals surface area contributed by atoms with Crippen molar-refractivity contribution in [3.8, 4) is 11.8 Å². The second-order valence-corrected chi connectivity index (χ2v) is 2.63. The van der Waals surface area contributed by atoms with Crippen molar-refractivity contribution in [1.82, 2.24) is 0 Å². The van der Waals surface area contributed by atoms with E-state index in [1.807, 2.05) is 0 Å². The Balaban J connectivity index is 3.23. The highest BCUT2D eigenvalue weighted by Gasteiger charge is 2.15. The van der Waals surface area contributed by atoms with Gasteiger partial charge in [0.25, 0.3) is 0 Å². The Labute approximate surface area is 80.7 Å². The fraction of sp³-hybridized carbons (Fsp3) is 0.200. The number of nitriles is 1. The standard InChI is InChI=1S/C10H8FNO2/c1-14-10-3-2-8(11)4-9(10)7(5-12)6-13/h2-4,6-7H,1H3. The van der Waals surface area contributed by atoms with E-state index in [0.717, 1.165) is 6.07 Å². The Bertz CT molecular complexity index is 384. The molecule has 4 heteroatoms. The smallest absolute Gasteiger partial charge is 0.141 e. The largest absolute Gasteiger partial charge is 0.496 e. The van der Waals surface area contributed by atoms with E-state index in [1.54, 1.807) is 6.07 Å². The van der Waals surface area contributed by atoms with E-state index in [-0.39, 0.29) is 5.56 Å². The first-order chi connectivity index (χ1) is 6.72. The number of hydrogen-bond donors (Lipinski definition) is 0. The number of hydrogen-bond acceptors (Lipinski definition) is 3. The molecular weight excluding hydrogens is 185 g/mol. The van der Waals surface area contributed by atoms with Crippen LogP contribution >= 0.6 is 0 Å². The van der Waals surface area contributed by atoms with Gasteiger partial charge in [0.15, 0.2) is 0 Å². The minimum atomic E-state index is -0.986. The highest BCUT2D eigenvalue weighted by Crippen LogP contribution is 2.25. The molecule has 0 amide bonds. The van der Waals surface area contributed by atoms with E-state index in [4.69, 9.17) is 10.00 Å². The average molecular weight is 193 g/mol. The summed E-state index contributed by atoms with van der Waals surface area (Å²) in [6.07, 6.45) is 0.456. The molecule has 3 nitrogen and oxygen atoms in total. The predicted molar refractivity (Wildman–Crippen MR) is 47.4 cm³/mol. The molecule has 1 rings (SSSR count). The van der Waals surface area contributed by atoms with Gasteiger partial charge in [0.05, 0.1) is 13.2 Å². The van der Waals surface area contributed by atoms with Gasteiger partial charge >= 0.3 is 0 Å². The first kappa shape index (κ1) is 10.2. The molecule has 0 heterocycles. The molecule has 0 N–H and O–H groups in total. The Morgan fingerprint density at radius 1 is 1.64 bits per heavy atom. The molecular formula is C10H8FNO2. The molecule has 0 bridgehead atoms. The zero-order chi connectivity index (χ0) is 10.6. The van der Waals surface area contributed by atoms with Crippen molar-refractivity contribution in [2.24, 2.45) is 0 Å². The maximum atomic E-state index is 12.8. The lowest BCUT2D eigenvalue weighted by Gasteiger charge is -2.08. The second-order valence-electron chi connectivity index (χ2n) is 2.63. The van der Waals surface area contributed by atoms with Crippen LogP contribution < -0.4 is 4.74 Å². The number of aldehydes is 1. The van der Waals surface area contributed by atoms with Crippen LogP contribution in [0.5, 0.6) is 5.75 Å². The predicted octanol–water partition coefficient (Wildman–Crippen LogP) is 1.64. The van der Waals surface area contributed by atoms with E-state index < -0.39 is 11.7 Å². The zero-order valence-corrected chi connectivity index (χ0v) is 7.53. The molecule has 0 saturated carbocycles. The zero-order valence-electron chi connectivity index (χ0n) is 7.53. The molecule has 1 aromatic rings. The van der Waals surface area contributed by atoms with Gasteiger partial charge in [-0.2, -0.15) is 5.26 Å². The lowest BCUT2D eigenvalue weighted by Crippen LogP contribution is -2.01. The Morgan fingerprint density at radius 2 is 2.36 bits per heavy atom. The van der Waals surface area contributed by atoms with Gasteiger partial charge in [0, 0.05) is 5.56 Å².